The number of aromatic nitrogens is 3. The van der Waals surface area contributed by atoms with E-state index in [1.807, 2.05) is 60.7 Å². The summed E-state index contributed by atoms with van der Waals surface area (Å²) < 4.78 is 6.74. The van der Waals surface area contributed by atoms with Crippen LogP contribution < -0.4 is 0 Å². The normalized spacial score (nSPS) is 13.0. The maximum atomic E-state index is 6.74. The van der Waals surface area contributed by atoms with Crippen molar-refractivity contribution in [3.63, 3.8) is 0 Å². The molecule has 0 bridgehead atoms. The third kappa shape index (κ3) is 4.79. The topological polar surface area (TPSA) is 51.8 Å². The standard InChI is InChI=1S/C48H33N3O/c1-48(2)40-24-10-9-20-37(40)38-27-26-33(29-41(38)48)35-21-13-25-42-43(35)39-23-12-22-36(44(39)52-42)32-18-11-19-34(28-32)47-50-45(30-14-5-3-6-15-30)49-46(51-47)31-16-7-4-8-17-31/h3-29H,1-2H3. The molecule has 0 N–H and O–H groups in total. The lowest BCUT2D eigenvalue weighted by Gasteiger charge is -2.22. The van der Waals surface area contributed by atoms with Gasteiger partial charge in [0.15, 0.2) is 17.5 Å². The Hall–Kier alpha value is -6.65. The van der Waals surface area contributed by atoms with E-state index in [-0.39, 0.29) is 5.41 Å². The van der Waals surface area contributed by atoms with Crippen molar-refractivity contribution >= 4 is 21.9 Å². The highest BCUT2D eigenvalue weighted by atomic mass is 16.3. The fraction of sp³-hybridized carbons (Fsp3) is 0.0625. The molecule has 1 aliphatic rings. The third-order valence-electron chi connectivity index (χ3n) is 10.5. The van der Waals surface area contributed by atoms with E-state index >= 15 is 0 Å². The Labute approximate surface area is 302 Å². The molecule has 0 saturated carbocycles. The zero-order chi connectivity index (χ0) is 34.8. The molecule has 0 aliphatic heterocycles. The quantitative estimate of drug-likeness (QED) is 0.183. The summed E-state index contributed by atoms with van der Waals surface area (Å²) in [6.45, 7) is 4.66. The van der Waals surface area contributed by atoms with Gasteiger partial charge in [-0.05, 0) is 57.1 Å². The van der Waals surface area contributed by atoms with Crippen molar-refractivity contribution in [3.05, 3.63) is 175 Å². The highest BCUT2D eigenvalue weighted by Crippen LogP contribution is 2.50. The summed E-state index contributed by atoms with van der Waals surface area (Å²) in [5.41, 5.74) is 14.3. The van der Waals surface area contributed by atoms with Gasteiger partial charge in [0.25, 0.3) is 0 Å². The van der Waals surface area contributed by atoms with Gasteiger partial charge in [-0.1, -0.05) is 159 Å². The van der Waals surface area contributed by atoms with E-state index in [0.29, 0.717) is 17.5 Å². The first kappa shape index (κ1) is 30.2. The third-order valence-corrected chi connectivity index (χ3v) is 10.5. The lowest BCUT2D eigenvalue weighted by atomic mass is 9.81. The second-order valence-corrected chi connectivity index (χ2v) is 14.0. The first-order valence-electron chi connectivity index (χ1n) is 17.7. The molecule has 0 saturated heterocycles. The largest absolute Gasteiger partial charge is 0.455 e. The van der Waals surface area contributed by atoms with Crippen molar-refractivity contribution in [1.82, 2.24) is 15.0 Å². The van der Waals surface area contributed by atoms with Crippen LogP contribution >= 0.6 is 0 Å². The van der Waals surface area contributed by atoms with Crippen LogP contribution in [0.15, 0.2) is 168 Å². The molecule has 52 heavy (non-hydrogen) atoms. The predicted molar refractivity (Wildman–Crippen MR) is 212 cm³/mol. The van der Waals surface area contributed by atoms with E-state index in [2.05, 4.69) is 117 Å². The molecule has 1 aliphatic carbocycles. The lowest BCUT2D eigenvalue weighted by molar-refractivity contribution is 0.660. The molecule has 0 spiro atoms. The Balaban J connectivity index is 1.10. The minimum absolute atomic E-state index is 0.0747. The van der Waals surface area contributed by atoms with E-state index in [1.165, 1.54) is 33.4 Å². The van der Waals surface area contributed by atoms with Crippen LogP contribution in [-0.2, 0) is 5.41 Å². The van der Waals surface area contributed by atoms with Gasteiger partial charge in [0.1, 0.15) is 11.2 Å². The molecule has 10 rings (SSSR count). The minimum Gasteiger partial charge on any atom is -0.455 e. The predicted octanol–water partition coefficient (Wildman–Crippen LogP) is 12.4. The van der Waals surface area contributed by atoms with E-state index in [1.54, 1.807) is 0 Å². The molecule has 0 unspecified atom stereocenters. The van der Waals surface area contributed by atoms with Gasteiger partial charge in [0, 0.05) is 38.4 Å². The van der Waals surface area contributed by atoms with Crippen LogP contribution in [0.3, 0.4) is 0 Å². The second-order valence-electron chi connectivity index (χ2n) is 14.0. The van der Waals surface area contributed by atoms with Crippen molar-refractivity contribution in [2.24, 2.45) is 0 Å². The van der Waals surface area contributed by atoms with Gasteiger partial charge in [-0.15, -0.1) is 0 Å². The molecule has 0 amide bonds. The summed E-state index contributed by atoms with van der Waals surface area (Å²) in [4.78, 5) is 14.8. The number of fused-ring (bicyclic) bond motifs is 6. The Morgan fingerprint density at radius 1 is 0.404 bits per heavy atom. The fourth-order valence-electron chi connectivity index (χ4n) is 7.95. The number of furan rings is 1. The van der Waals surface area contributed by atoms with Crippen molar-refractivity contribution < 1.29 is 4.42 Å². The van der Waals surface area contributed by atoms with E-state index in [4.69, 9.17) is 19.4 Å². The van der Waals surface area contributed by atoms with Gasteiger partial charge >= 0.3 is 0 Å². The molecule has 4 heteroatoms. The van der Waals surface area contributed by atoms with E-state index in [9.17, 15) is 0 Å². The van der Waals surface area contributed by atoms with E-state index in [0.717, 1.165) is 49.8 Å². The van der Waals surface area contributed by atoms with Crippen LogP contribution in [0.25, 0.3) is 89.5 Å². The van der Waals surface area contributed by atoms with Gasteiger partial charge in [0.2, 0.25) is 0 Å². The van der Waals surface area contributed by atoms with Crippen LogP contribution in [-0.4, -0.2) is 15.0 Å². The van der Waals surface area contributed by atoms with Crippen LogP contribution in [0.5, 0.6) is 0 Å². The average molecular weight is 668 g/mol. The van der Waals surface area contributed by atoms with Crippen LogP contribution in [0, 0.1) is 0 Å². The molecular weight excluding hydrogens is 635 g/mol. The maximum absolute atomic E-state index is 6.74. The Bertz CT molecular complexity index is 2760. The summed E-state index contributed by atoms with van der Waals surface area (Å²) in [5, 5.41) is 2.22. The Morgan fingerprint density at radius 2 is 0.942 bits per heavy atom. The van der Waals surface area contributed by atoms with Gasteiger partial charge in [-0.25, -0.2) is 15.0 Å². The zero-order valence-electron chi connectivity index (χ0n) is 28.8. The molecule has 4 nitrogen and oxygen atoms in total. The molecule has 0 radical (unpaired) electrons. The molecule has 7 aromatic carbocycles. The fourth-order valence-corrected chi connectivity index (χ4v) is 7.95. The molecule has 0 fully saturated rings. The molecule has 9 aromatic rings. The number of benzene rings is 7. The molecule has 2 aromatic heterocycles. The number of nitrogens with zero attached hydrogens (tertiary/aromatic N) is 3. The monoisotopic (exact) mass is 667 g/mol. The van der Waals surface area contributed by atoms with Crippen LogP contribution in [0.2, 0.25) is 0 Å². The summed E-state index contributed by atoms with van der Waals surface area (Å²) in [6.07, 6.45) is 0. The van der Waals surface area contributed by atoms with Gasteiger partial charge in [-0.2, -0.15) is 0 Å². The second kappa shape index (κ2) is 11.7. The minimum atomic E-state index is -0.0747. The van der Waals surface area contributed by atoms with Gasteiger partial charge < -0.3 is 4.42 Å². The van der Waals surface area contributed by atoms with Crippen molar-refractivity contribution in [1.29, 1.82) is 0 Å². The highest BCUT2D eigenvalue weighted by Gasteiger charge is 2.35. The first-order valence-corrected chi connectivity index (χ1v) is 17.7. The van der Waals surface area contributed by atoms with Crippen LogP contribution in [0.4, 0.5) is 0 Å². The maximum Gasteiger partial charge on any atom is 0.164 e. The highest BCUT2D eigenvalue weighted by molar-refractivity contribution is 6.15. The average Bonchev–Trinajstić information content (AvgIpc) is 3.70. The first-order chi connectivity index (χ1) is 25.5. The number of hydrogen-bond acceptors (Lipinski definition) is 4. The van der Waals surface area contributed by atoms with Crippen molar-refractivity contribution in [3.8, 4) is 67.5 Å². The molecular formula is C48H33N3O. The number of hydrogen-bond donors (Lipinski definition) is 0. The van der Waals surface area contributed by atoms with E-state index < -0.39 is 0 Å². The molecule has 2 heterocycles. The Kier molecular flexibility index (Phi) is 6.80. The molecule has 246 valence electrons. The molecule has 0 atom stereocenters. The number of para-hydroxylation sites is 1. The smallest absolute Gasteiger partial charge is 0.164 e. The van der Waals surface area contributed by atoms with Crippen LogP contribution in [0.1, 0.15) is 25.0 Å². The lowest BCUT2D eigenvalue weighted by Crippen LogP contribution is -2.14. The van der Waals surface area contributed by atoms with Gasteiger partial charge in [0.05, 0.1) is 0 Å². The zero-order valence-corrected chi connectivity index (χ0v) is 28.8. The SMILES string of the molecule is CC1(C)c2ccccc2-c2ccc(-c3cccc4oc5c(-c6cccc(-c7nc(-c8ccccc8)nc(-c8ccccc8)n7)c6)cccc5c34)cc21. The summed E-state index contributed by atoms with van der Waals surface area (Å²) in [5.74, 6) is 1.90. The van der Waals surface area contributed by atoms with Crippen molar-refractivity contribution in [2.45, 2.75) is 19.3 Å². The summed E-state index contributed by atoms with van der Waals surface area (Å²) in [7, 11) is 0. The van der Waals surface area contributed by atoms with Crippen molar-refractivity contribution in [2.75, 3.05) is 0 Å². The summed E-state index contributed by atoms with van der Waals surface area (Å²) >= 11 is 0. The van der Waals surface area contributed by atoms with Gasteiger partial charge in [-0.3, -0.25) is 0 Å². The Morgan fingerprint density at radius 3 is 1.69 bits per heavy atom. The number of rotatable bonds is 5. The summed E-state index contributed by atoms with van der Waals surface area (Å²) in [6, 6.07) is 57.1.